The summed E-state index contributed by atoms with van der Waals surface area (Å²) in [5.74, 6) is 1.33. The standard InChI is InChI=1S/C32H37N5O4S/c1-22-23(2)35-41-32(22)36-42(39,40)29-13-8-7-12-28(29)27-16-15-25(31-33-18-9-19-34-31)20-26(27)21-37(3)30(38)17-14-24-10-5-4-6-11-24/h7-9,12-13,15-16,18-20,24,36H,4-6,10-11,14,17,21H2,1-3H3. The summed E-state index contributed by atoms with van der Waals surface area (Å²) in [5.41, 5.74) is 4.02. The number of nitrogens with one attached hydrogen (secondary N) is 1. The van der Waals surface area contributed by atoms with Gasteiger partial charge in [-0.3, -0.25) is 4.79 Å². The first-order valence-electron chi connectivity index (χ1n) is 14.4. The van der Waals surface area contributed by atoms with Crippen LogP contribution in [0, 0.1) is 19.8 Å². The molecule has 1 aliphatic carbocycles. The fraction of sp³-hybridized carbons (Fsp3) is 0.375. The minimum Gasteiger partial charge on any atom is -0.341 e. The average Bonchev–Trinajstić information content (AvgIpc) is 3.32. The molecule has 2 aromatic heterocycles. The van der Waals surface area contributed by atoms with E-state index in [0.29, 0.717) is 47.1 Å². The van der Waals surface area contributed by atoms with E-state index in [1.54, 1.807) is 68.5 Å². The van der Waals surface area contributed by atoms with E-state index in [-0.39, 0.29) is 16.7 Å². The second kappa shape index (κ2) is 12.9. The fourth-order valence-electron chi connectivity index (χ4n) is 5.52. The number of nitrogens with zero attached hydrogens (tertiary/aromatic N) is 4. The molecule has 0 atom stereocenters. The zero-order valence-corrected chi connectivity index (χ0v) is 25.2. The van der Waals surface area contributed by atoms with Gasteiger partial charge in [-0.05, 0) is 55.5 Å². The van der Waals surface area contributed by atoms with Crippen molar-refractivity contribution >= 4 is 21.8 Å². The smallest absolute Gasteiger partial charge is 0.264 e. The Balaban J connectivity index is 1.48. The topological polar surface area (TPSA) is 118 Å². The second-order valence-corrected chi connectivity index (χ2v) is 12.7. The SMILES string of the molecule is Cc1noc(NS(=O)(=O)c2ccccc2-c2ccc(-c3ncccn3)cc2CN(C)C(=O)CCC2CCCCC2)c1C. The van der Waals surface area contributed by atoms with Gasteiger partial charge in [0.05, 0.1) is 10.6 Å². The minimum atomic E-state index is -4.04. The lowest BCUT2D eigenvalue weighted by molar-refractivity contribution is -0.130. The number of hydrogen-bond acceptors (Lipinski definition) is 7. The molecule has 2 aromatic carbocycles. The molecule has 0 bridgehead atoms. The Morgan fingerprint density at radius 3 is 2.45 bits per heavy atom. The molecular formula is C32H37N5O4S. The van der Waals surface area contributed by atoms with Crippen molar-refractivity contribution in [1.29, 1.82) is 0 Å². The van der Waals surface area contributed by atoms with Crippen LogP contribution >= 0.6 is 0 Å². The molecule has 2 heterocycles. The van der Waals surface area contributed by atoms with Gasteiger partial charge in [-0.15, -0.1) is 0 Å². The molecule has 4 aromatic rings. The van der Waals surface area contributed by atoms with Crippen LogP contribution in [0.25, 0.3) is 22.5 Å². The lowest BCUT2D eigenvalue weighted by Gasteiger charge is -2.24. The Kier molecular flexibility index (Phi) is 9.01. The molecular weight excluding hydrogens is 550 g/mol. The summed E-state index contributed by atoms with van der Waals surface area (Å²) >= 11 is 0. The zero-order valence-electron chi connectivity index (χ0n) is 24.3. The Morgan fingerprint density at radius 1 is 1.00 bits per heavy atom. The molecule has 0 radical (unpaired) electrons. The van der Waals surface area contributed by atoms with Gasteiger partial charge in [0.15, 0.2) is 5.82 Å². The molecule has 9 nitrogen and oxygen atoms in total. The van der Waals surface area contributed by atoms with Crippen LogP contribution in [0.15, 0.2) is 70.3 Å². The quantitative estimate of drug-likeness (QED) is 0.224. The van der Waals surface area contributed by atoms with E-state index in [0.717, 1.165) is 17.5 Å². The van der Waals surface area contributed by atoms with Crippen LogP contribution in [0.3, 0.4) is 0 Å². The highest BCUT2D eigenvalue weighted by molar-refractivity contribution is 7.92. The molecule has 0 spiro atoms. The monoisotopic (exact) mass is 587 g/mol. The first-order valence-corrected chi connectivity index (χ1v) is 15.9. The lowest BCUT2D eigenvalue weighted by Crippen LogP contribution is -2.27. The maximum atomic E-state index is 13.6. The first-order chi connectivity index (χ1) is 20.2. The number of rotatable bonds is 10. The number of aryl methyl sites for hydroxylation is 1. The van der Waals surface area contributed by atoms with Gasteiger partial charge in [-0.1, -0.05) is 67.6 Å². The lowest BCUT2D eigenvalue weighted by atomic mass is 9.86. The van der Waals surface area contributed by atoms with Crippen molar-refractivity contribution in [2.24, 2.45) is 5.92 Å². The summed E-state index contributed by atoms with van der Waals surface area (Å²) in [7, 11) is -2.23. The molecule has 10 heteroatoms. The predicted molar refractivity (Wildman–Crippen MR) is 162 cm³/mol. The van der Waals surface area contributed by atoms with Gasteiger partial charge >= 0.3 is 0 Å². The summed E-state index contributed by atoms with van der Waals surface area (Å²) in [4.78, 5) is 23.8. The molecule has 5 rings (SSSR count). The number of aromatic nitrogens is 3. The Morgan fingerprint density at radius 2 is 1.74 bits per heavy atom. The molecule has 1 saturated carbocycles. The summed E-state index contributed by atoms with van der Waals surface area (Å²) < 4.78 is 35.1. The number of sulfonamides is 1. The van der Waals surface area contributed by atoms with Gasteiger partial charge in [-0.25, -0.2) is 23.1 Å². The highest BCUT2D eigenvalue weighted by atomic mass is 32.2. The van der Waals surface area contributed by atoms with Gasteiger partial charge in [0, 0.05) is 49.1 Å². The van der Waals surface area contributed by atoms with Gasteiger partial charge in [-0.2, -0.15) is 0 Å². The van der Waals surface area contributed by atoms with Crippen molar-refractivity contribution < 1.29 is 17.7 Å². The predicted octanol–water partition coefficient (Wildman–Crippen LogP) is 6.54. The molecule has 42 heavy (non-hydrogen) atoms. The van der Waals surface area contributed by atoms with Gasteiger partial charge in [0.2, 0.25) is 11.8 Å². The van der Waals surface area contributed by atoms with Crippen LogP contribution in [0.5, 0.6) is 0 Å². The maximum Gasteiger partial charge on any atom is 0.264 e. The summed E-state index contributed by atoms with van der Waals surface area (Å²) in [6, 6.07) is 14.3. The Labute approximate surface area is 247 Å². The Bertz CT molecular complexity index is 1650. The number of anilines is 1. The van der Waals surface area contributed by atoms with Gasteiger partial charge in [0.1, 0.15) is 0 Å². The third kappa shape index (κ3) is 6.70. The van der Waals surface area contributed by atoms with Gasteiger partial charge < -0.3 is 9.42 Å². The molecule has 0 unspecified atom stereocenters. The second-order valence-electron chi connectivity index (χ2n) is 11.1. The molecule has 0 aliphatic heterocycles. The molecule has 220 valence electrons. The Hall–Kier alpha value is -4.05. The third-order valence-corrected chi connectivity index (χ3v) is 9.49. The molecule has 1 aliphatic rings. The van der Waals surface area contributed by atoms with Crippen molar-refractivity contribution in [1.82, 2.24) is 20.0 Å². The van der Waals surface area contributed by atoms with Crippen molar-refractivity contribution in [3.63, 3.8) is 0 Å². The highest BCUT2D eigenvalue weighted by Crippen LogP contribution is 2.35. The third-order valence-electron chi connectivity index (χ3n) is 8.10. The van der Waals surface area contributed by atoms with E-state index < -0.39 is 10.0 Å². The maximum absolute atomic E-state index is 13.6. The highest BCUT2D eigenvalue weighted by Gasteiger charge is 2.25. The van der Waals surface area contributed by atoms with Crippen LogP contribution < -0.4 is 4.72 Å². The van der Waals surface area contributed by atoms with Crippen LogP contribution in [-0.4, -0.2) is 41.4 Å². The van der Waals surface area contributed by atoms with E-state index >= 15 is 0 Å². The molecule has 1 fully saturated rings. The van der Waals surface area contributed by atoms with Crippen LogP contribution in [-0.2, 0) is 21.4 Å². The van der Waals surface area contributed by atoms with Crippen molar-refractivity contribution in [2.45, 2.75) is 70.2 Å². The van der Waals surface area contributed by atoms with E-state index in [4.69, 9.17) is 4.52 Å². The van der Waals surface area contributed by atoms with E-state index in [1.807, 2.05) is 18.2 Å². The van der Waals surface area contributed by atoms with Crippen molar-refractivity contribution in [3.05, 3.63) is 77.7 Å². The number of hydrogen-bond donors (Lipinski definition) is 1. The molecule has 1 N–H and O–H groups in total. The molecule has 0 saturated heterocycles. The summed E-state index contributed by atoms with van der Waals surface area (Å²) in [6.07, 6.45) is 11.0. The average molecular weight is 588 g/mol. The van der Waals surface area contributed by atoms with E-state index in [9.17, 15) is 13.2 Å². The van der Waals surface area contributed by atoms with E-state index in [2.05, 4.69) is 19.8 Å². The zero-order chi connectivity index (χ0) is 29.7. The number of amides is 1. The minimum absolute atomic E-state index is 0.0756. The van der Waals surface area contributed by atoms with Crippen LogP contribution in [0.1, 0.15) is 61.8 Å². The fourth-order valence-corrected chi connectivity index (χ4v) is 6.79. The number of carbonyl (C=O) groups excluding carboxylic acids is 1. The number of carbonyl (C=O) groups is 1. The largest absolute Gasteiger partial charge is 0.341 e. The summed E-state index contributed by atoms with van der Waals surface area (Å²) in [5, 5.41) is 3.87. The number of benzene rings is 2. The van der Waals surface area contributed by atoms with Crippen molar-refractivity contribution in [2.75, 3.05) is 11.8 Å². The summed E-state index contributed by atoms with van der Waals surface area (Å²) in [6.45, 7) is 3.81. The van der Waals surface area contributed by atoms with E-state index in [1.165, 1.54) is 32.1 Å². The first kappa shape index (κ1) is 29.4. The van der Waals surface area contributed by atoms with Crippen LogP contribution in [0.4, 0.5) is 5.88 Å². The molecule has 1 amide bonds. The normalized spacial score (nSPS) is 14.1. The van der Waals surface area contributed by atoms with Gasteiger partial charge in [0.25, 0.3) is 10.0 Å². The van der Waals surface area contributed by atoms with Crippen molar-refractivity contribution in [3.8, 4) is 22.5 Å². The van der Waals surface area contributed by atoms with Crippen LogP contribution in [0.2, 0.25) is 0 Å².